The molecule has 164 valence electrons. The summed E-state index contributed by atoms with van der Waals surface area (Å²) in [4.78, 5) is 28.4. The molecule has 8 heteroatoms. The molecule has 0 saturated heterocycles. The van der Waals surface area contributed by atoms with Crippen molar-refractivity contribution in [3.8, 4) is 5.75 Å². The number of carbonyl (C=O) groups is 2. The van der Waals surface area contributed by atoms with E-state index in [9.17, 15) is 9.59 Å². The number of carboxylic acid groups (broad SMARTS) is 1. The Bertz CT molecular complexity index is 1240. The number of aliphatic carboxylic acids is 1. The van der Waals surface area contributed by atoms with Gasteiger partial charge in [-0.15, -0.1) is 0 Å². The summed E-state index contributed by atoms with van der Waals surface area (Å²) in [5.74, 6) is -0.721. The standard InChI is InChI=1S/C24H22ClN3O4/c1-14-4-3-5-15(10-14)20-13-21(28(27-20)22(29)8-9-23(30)31)18-12-16-11-17(32-2)6-7-19(16)26-24(18)25/h3-7,10-12,21H,8-9,13H2,1-2H3,(H,30,31)/t21-/m0/s1. The highest BCUT2D eigenvalue weighted by Gasteiger charge is 2.35. The number of benzene rings is 2. The average molecular weight is 452 g/mol. The number of aromatic nitrogens is 1. The Balaban J connectivity index is 1.75. The van der Waals surface area contributed by atoms with Gasteiger partial charge in [-0.2, -0.15) is 5.10 Å². The van der Waals surface area contributed by atoms with Crippen molar-refractivity contribution in [3.63, 3.8) is 0 Å². The van der Waals surface area contributed by atoms with E-state index < -0.39 is 12.0 Å². The minimum atomic E-state index is -1.03. The van der Waals surface area contributed by atoms with Crippen molar-refractivity contribution in [1.82, 2.24) is 9.99 Å². The van der Waals surface area contributed by atoms with Gasteiger partial charge < -0.3 is 9.84 Å². The van der Waals surface area contributed by atoms with Gasteiger partial charge in [-0.05, 0) is 36.8 Å². The van der Waals surface area contributed by atoms with E-state index in [1.165, 1.54) is 5.01 Å². The second kappa shape index (κ2) is 8.96. The number of fused-ring (bicyclic) bond motifs is 1. The number of methoxy groups -OCH3 is 1. The van der Waals surface area contributed by atoms with E-state index in [0.29, 0.717) is 23.3 Å². The summed E-state index contributed by atoms with van der Waals surface area (Å²) in [5, 5.41) is 16.1. The molecule has 2 heterocycles. The van der Waals surface area contributed by atoms with Crippen LogP contribution in [0.15, 0.2) is 53.6 Å². The number of aryl methyl sites for hydroxylation is 1. The average Bonchev–Trinajstić information content (AvgIpc) is 3.22. The van der Waals surface area contributed by atoms with Crippen LogP contribution in [0.2, 0.25) is 5.15 Å². The number of carbonyl (C=O) groups excluding carboxylic acids is 1. The Labute approximate surface area is 190 Å². The van der Waals surface area contributed by atoms with Crippen molar-refractivity contribution in [1.29, 1.82) is 0 Å². The number of nitrogens with zero attached hydrogens (tertiary/aromatic N) is 3. The fraction of sp³-hybridized carbons (Fsp3) is 0.250. The van der Waals surface area contributed by atoms with E-state index in [-0.39, 0.29) is 23.9 Å². The van der Waals surface area contributed by atoms with Crippen LogP contribution >= 0.6 is 11.6 Å². The third-order valence-electron chi connectivity index (χ3n) is 5.43. The maximum Gasteiger partial charge on any atom is 0.303 e. The van der Waals surface area contributed by atoms with Gasteiger partial charge in [-0.3, -0.25) is 9.59 Å². The van der Waals surface area contributed by atoms with Crippen LogP contribution in [0, 0.1) is 6.92 Å². The van der Waals surface area contributed by atoms with Gasteiger partial charge in [-0.1, -0.05) is 41.4 Å². The van der Waals surface area contributed by atoms with Crippen LogP contribution in [-0.2, 0) is 9.59 Å². The summed E-state index contributed by atoms with van der Waals surface area (Å²) in [5.41, 5.74) is 4.10. The zero-order valence-electron chi connectivity index (χ0n) is 17.7. The number of rotatable bonds is 6. The maximum atomic E-state index is 12.9. The summed E-state index contributed by atoms with van der Waals surface area (Å²) >= 11 is 6.55. The Morgan fingerprint density at radius 3 is 2.72 bits per heavy atom. The molecule has 0 saturated carbocycles. The van der Waals surface area contributed by atoms with Crippen LogP contribution in [0.25, 0.3) is 10.9 Å². The van der Waals surface area contributed by atoms with Crippen LogP contribution < -0.4 is 4.74 Å². The molecule has 7 nitrogen and oxygen atoms in total. The van der Waals surface area contributed by atoms with Gasteiger partial charge in [0.2, 0.25) is 5.91 Å². The largest absolute Gasteiger partial charge is 0.497 e. The molecular weight excluding hydrogens is 430 g/mol. The molecule has 0 radical (unpaired) electrons. The molecule has 32 heavy (non-hydrogen) atoms. The Hall–Kier alpha value is -3.45. The molecule has 0 fully saturated rings. The third kappa shape index (κ3) is 4.43. The van der Waals surface area contributed by atoms with Gasteiger partial charge in [0, 0.05) is 23.8 Å². The first-order valence-electron chi connectivity index (χ1n) is 10.2. The number of ether oxygens (including phenoxy) is 1. The highest BCUT2D eigenvalue weighted by Crippen LogP contribution is 2.38. The van der Waals surface area contributed by atoms with Gasteiger partial charge in [-0.25, -0.2) is 9.99 Å². The van der Waals surface area contributed by atoms with E-state index in [1.807, 2.05) is 55.5 Å². The number of carboxylic acids is 1. The lowest BCUT2D eigenvalue weighted by atomic mass is 9.97. The normalized spacial score (nSPS) is 15.7. The molecule has 1 N–H and O–H groups in total. The highest BCUT2D eigenvalue weighted by atomic mass is 35.5. The summed E-state index contributed by atoms with van der Waals surface area (Å²) < 4.78 is 5.31. The van der Waals surface area contributed by atoms with Crippen LogP contribution in [0.4, 0.5) is 0 Å². The first-order chi connectivity index (χ1) is 15.4. The van der Waals surface area contributed by atoms with Crippen molar-refractivity contribution in [2.24, 2.45) is 5.10 Å². The molecular formula is C24H22ClN3O4. The predicted molar refractivity (Wildman–Crippen MR) is 122 cm³/mol. The summed E-state index contributed by atoms with van der Waals surface area (Å²) in [6, 6.07) is 14.8. The van der Waals surface area contributed by atoms with Crippen molar-refractivity contribution >= 4 is 40.1 Å². The molecule has 1 aliphatic heterocycles. The van der Waals surface area contributed by atoms with Crippen LogP contribution in [0.3, 0.4) is 0 Å². The molecule has 1 atom stereocenters. The minimum Gasteiger partial charge on any atom is -0.497 e. The van der Waals surface area contributed by atoms with Crippen molar-refractivity contribution in [3.05, 3.63) is 70.4 Å². The van der Waals surface area contributed by atoms with Crippen LogP contribution in [0.1, 0.15) is 42.0 Å². The highest BCUT2D eigenvalue weighted by molar-refractivity contribution is 6.30. The molecule has 2 aromatic carbocycles. The van der Waals surface area contributed by atoms with Gasteiger partial charge in [0.1, 0.15) is 10.9 Å². The van der Waals surface area contributed by atoms with E-state index in [1.54, 1.807) is 7.11 Å². The number of hydrazone groups is 1. The van der Waals surface area contributed by atoms with Crippen LogP contribution in [0.5, 0.6) is 5.75 Å². The van der Waals surface area contributed by atoms with Gasteiger partial charge in [0.05, 0.1) is 30.8 Å². The maximum absolute atomic E-state index is 12.9. The molecule has 1 aliphatic rings. The molecule has 0 spiro atoms. The second-order valence-corrected chi connectivity index (χ2v) is 8.05. The molecule has 3 aromatic rings. The number of amides is 1. The van der Waals surface area contributed by atoms with Gasteiger partial charge in [0.25, 0.3) is 0 Å². The number of halogens is 1. The summed E-state index contributed by atoms with van der Waals surface area (Å²) in [6.07, 6.45) is 0.0281. The molecule has 4 rings (SSSR count). The minimum absolute atomic E-state index is 0.150. The van der Waals surface area contributed by atoms with Crippen LogP contribution in [-0.4, -0.2) is 39.8 Å². The molecule has 0 unspecified atom stereocenters. The van der Waals surface area contributed by atoms with E-state index in [2.05, 4.69) is 10.1 Å². The van der Waals surface area contributed by atoms with E-state index >= 15 is 0 Å². The number of hydrogen-bond donors (Lipinski definition) is 1. The fourth-order valence-electron chi connectivity index (χ4n) is 3.82. The Morgan fingerprint density at radius 1 is 1.19 bits per heavy atom. The Morgan fingerprint density at radius 2 is 2.00 bits per heavy atom. The first kappa shape index (κ1) is 21.8. The monoisotopic (exact) mass is 451 g/mol. The second-order valence-electron chi connectivity index (χ2n) is 7.70. The Kier molecular flexibility index (Phi) is 6.10. The zero-order valence-corrected chi connectivity index (χ0v) is 18.5. The smallest absolute Gasteiger partial charge is 0.303 e. The quantitative estimate of drug-likeness (QED) is 0.546. The first-order valence-corrected chi connectivity index (χ1v) is 10.6. The third-order valence-corrected chi connectivity index (χ3v) is 5.73. The number of pyridine rings is 1. The SMILES string of the molecule is COc1ccc2nc(Cl)c([C@@H]3CC(c4cccc(C)c4)=NN3C(=O)CCC(=O)O)cc2c1. The lowest BCUT2D eigenvalue weighted by Crippen LogP contribution is -2.27. The van der Waals surface area contributed by atoms with Crippen molar-refractivity contribution in [2.75, 3.05) is 7.11 Å². The van der Waals surface area contributed by atoms with E-state index in [4.69, 9.17) is 21.4 Å². The number of hydrogen-bond acceptors (Lipinski definition) is 5. The zero-order chi connectivity index (χ0) is 22.8. The molecule has 0 aliphatic carbocycles. The predicted octanol–water partition coefficient (Wildman–Crippen LogP) is 4.75. The van der Waals surface area contributed by atoms with Crippen molar-refractivity contribution in [2.45, 2.75) is 32.2 Å². The summed E-state index contributed by atoms with van der Waals surface area (Å²) in [6.45, 7) is 1.99. The summed E-state index contributed by atoms with van der Waals surface area (Å²) in [7, 11) is 1.59. The van der Waals surface area contributed by atoms with Gasteiger partial charge >= 0.3 is 5.97 Å². The molecule has 1 amide bonds. The fourth-order valence-corrected chi connectivity index (χ4v) is 4.09. The van der Waals surface area contributed by atoms with E-state index in [0.717, 1.165) is 22.2 Å². The molecule has 1 aromatic heterocycles. The topological polar surface area (TPSA) is 92.1 Å². The lowest BCUT2D eigenvalue weighted by molar-refractivity contribution is -0.141. The molecule has 0 bridgehead atoms. The van der Waals surface area contributed by atoms with Gasteiger partial charge in [0.15, 0.2) is 0 Å². The lowest BCUT2D eigenvalue weighted by Gasteiger charge is -2.23. The van der Waals surface area contributed by atoms with Crippen molar-refractivity contribution < 1.29 is 19.4 Å².